The summed E-state index contributed by atoms with van der Waals surface area (Å²) in [5.41, 5.74) is 6.31. The minimum absolute atomic E-state index is 1.07. The normalized spacial score (nSPS) is 16.0. The van der Waals surface area contributed by atoms with Gasteiger partial charge in [0.05, 0.1) is 5.69 Å². The molecule has 0 amide bonds. The van der Waals surface area contributed by atoms with Crippen LogP contribution in [-0.2, 0) is 12.8 Å². The van der Waals surface area contributed by atoms with Gasteiger partial charge in [-0.15, -0.1) is 0 Å². The van der Waals surface area contributed by atoms with Crippen molar-refractivity contribution in [1.29, 1.82) is 0 Å². The molecule has 0 N–H and O–H groups in total. The predicted octanol–water partition coefficient (Wildman–Crippen LogP) is 5.81. The third kappa shape index (κ3) is 5.31. The van der Waals surface area contributed by atoms with E-state index in [1.807, 2.05) is 13.1 Å². The molecule has 0 atom stereocenters. The average molecular weight is 327 g/mol. The molecular weight excluding hydrogens is 292 g/mol. The topological polar surface area (TPSA) is 15.6 Å². The number of aryl methyl sites for hydroxylation is 2. The Labute approximate surface area is 148 Å². The van der Waals surface area contributed by atoms with Crippen LogP contribution in [0.4, 0.5) is 5.69 Å². The molecule has 0 unspecified atom stereocenters. The molecule has 1 aromatic rings. The molecule has 1 fully saturated rings. The fourth-order valence-corrected chi connectivity index (χ4v) is 3.66. The molecule has 0 aliphatic carbocycles. The van der Waals surface area contributed by atoms with Crippen molar-refractivity contribution >= 4 is 17.5 Å². The molecule has 0 saturated carbocycles. The summed E-state index contributed by atoms with van der Waals surface area (Å²) in [7, 11) is 0. The van der Waals surface area contributed by atoms with E-state index in [0.717, 1.165) is 17.7 Å². The van der Waals surface area contributed by atoms with Gasteiger partial charge in [-0.05, 0) is 101 Å². The molecule has 0 spiro atoms. The van der Waals surface area contributed by atoms with Crippen molar-refractivity contribution in [3.63, 3.8) is 0 Å². The molecule has 2 nitrogen and oxygen atoms in total. The Morgan fingerprint density at radius 2 is 1.92 bits per heavy atom. The van der Waals surface area contributed by atoms with Crippen LogP contribution in [0, 0.1) is 0 Å². The number of allylic oxidation sites excluding steroid dienone is 1. The Kier molecular flexibility index (Phi) is 7.71. The van der Waals surface area contributed by atoms with Crippen molar-refractivity contribution in [2.45, 2.75) is 65.7 Å². The van der Waals surface area contributed by atoms with E-state index in [4.69, 9.17) is 0 Å². The minimum atomic E-state index is 1.07. The van der Waals surface area contributed by atoms with Crippen molar-refractivity contribution in [3.05, 3.63) is 35.4 Å². The number of likely N-dealkylation sites (tertiary alicyclic amines) is 1. The van der Waals surface area contributed by atoms with Crippen LogP contribution in [0.5, 0.6) is 0 Å². The van der Waals surface area contributed by atoms with Crippen LogP contribution in [0.15, 0.2) is 23.7 Å². The van der Waals surface area contributed by atoms with Crippen LogP contribution in [0.3, 0.4) is 0 Å². The van der Waals surface area contributed by atoms with Crippen LogP contribution in [0.2, 0.25) is 0 Å². The van der Waals surface area contributed by atoms with Crippen LogP contribution in [0.1, 0.15) is 69.6 Å². The Morgan fingerprint density at radius 3 is 2.54 bits per heavy atom. The molecule has 1 heterocycles. The quantitative estimate of drug-likeness (QED) is 0.434. The predicted molar refractivity (Wildman–Crippen MR) is 108 cm³/mol. The second-order valence-electron chi connectivity index (χ2n) is 7.02. The van der Waals surface area contributed by atoms with Gasteiger partial charge in [-0.3, -0.25) is 4.99 Å². The number of rotatable bonds is 8. The summed E-state index contributed by atoms with van der Waals surface area (Å²) in [4.78, 5) is 7.18. The smallest absolute Gasteiger partial charge is 0.0703 e. The maximum Gasteiger partial charge on any atom is 0.0703 e. The second-order valence-corrected chi connectivity index (χ2v) is 7.02. The molecular formula is C22H34N2. The minimum Gasteiger partial charge on any atom is -0.303 e. The van der Waals surface area contributed by atoms with E-state index < -0.39 is 0 Å². The highest BCUT2D eigenvalue weighted by atomic mass is 15.1. The molecule has 2 rings (SSSR count). The zero-order chi connectivity index (χ0) is 17.4. The van der Waals surface area contributed by atoms with E-state index >= 15 is 0 Å². The number of piperidine rings is 1. The van der Waals surface area contributed by atoms with Crippen molar-refractivity contribution in [1.82, 2.24) is 4.90 Å². The van der Waals surface area contributed by atoms with Gasteiger partial charge in [0.1, 0.15) is 0 Å². The van der Waals surface area contributed by atoms with E-state index in [-0.39, 0.29) is 0 Å². The highest BCUT2D eigenvalue weighted by Gasteiger charge is 2.11. The molecule has 1 aromatic carbocycles. The van der Waals surface area contributed by atoms with Gasteiger partial charge in [-0.1, -0.05) is 19.9 Å². The van der Waals surface area contributed by atoms with Crippen LogP contribution < -0.4 is 0 Å². The first-order valence-corrected chi connectivity index (χ1v) is 9.68. The molecule has 1 aliphatic heterocycles. The van der Waals surface area contributed by atoms with Gasteiger partial charge >= 0.3 is 0 Å². The summed E-state index contributed by atoms with van der Waals surface area (Å²) >= 11 is 0. The summed E-state index contributed by atoms with van der Waals surface area (Å²) in [5.74, 6) is 0. The third-order valence-electron chi connectivity index (χ3n) is 5.05. The van der Waals surface area contributed by atoms with E-state index in [1.54, 1.807) is 0 Å². The number of hydrogen-bond acceptors (Lipinski definition) is 2. The zero-order valence-electron chi connectivity index (χ0n) is 15.9. The van der Waals surface area contributed by atoms with E-state index in [0.29, 0.717) is 0 Å². The van der Waals surface area contributed by atoms with Gasteiger partial charge in [0, 0.05) is 11.8 Å². The van der Waals surface area contributed by atoms with Crippen molar-refractivity contribution < 1.29 is 0 Å². The van der Waals surface area contributed by atoms with Gasteiger partial charge in [-0.25, -0.2) is 0 Å². The third-order valence-corrected chi connectivity index (χ3v) is 5.05. The molecule has 0 aromatic heterocycles. The number of unbranched alkanes of at least 4 members (excludes halogenated alkanes) is 1. The summed E-state index contributed by atoms with van der Waals surface area (Å²) in [6, 6.07) is 4.61. The first-order valence-electron chi connectivity index (χ1n) is 9.68. The van der Waals surface area contributed by atoms with Gasteiger partial charge in [0.15, 0.2) is 0 Å². The van der Waals surface area contributed by atoms with Crippen molar-refractivity contribution in [3.8, 4) is 0 Å². The fourth-order valence-electron chi connectivity index (χ4n) is 3.66. The van der Waals surface area contributed by atoms with Crippen molar-refractivity contribution in [2.24, 2.45) is 4.99 Å². The highest BCUT2D eigenvalue weighted by Crippen LogP contribution is 2.30. The number of hydrogen-bond donors (Lipinski definition) is 0. The van der Waals surface area contributed by atoms with E-state index in [1.165, 1.54) is 74.8 Å². The Hall–Kier alpha value is -1.41. The number of aliphatic imine (C=N–C) groups is 1. The maximum absolute atomic E-state index is 4.54. The molecule has 1 aliphatic rings. The lowest BCUT2D eigenvalue weighted by Gasteiger charge is -2.26. The molecule has 1 saturated heterocycles. The molecule has 2 heteroatoms. The maximum atomic E-state index is 4.54. The number of benzene rings is 1. The fraction of sp³-hybridized carbons (Fsp3) is 0.591. The average Bonchev–Trinajstić information content (AvgIpc) is 2.60. The molecule has 0 bridgehead atoms. The summed E-state index contributed by atoms with van der Waals surface area (Å²) < 4.78 is 0. The van der Waals surface area contributed by atoms with Crippen molar-refractivity contribution in [2.75, 3.05) is 19.6 Å². The Balaban J connectivity index is 1.99. The Morgan fingerprint density at radius 1 is 1.17 bits per heavy atom. The number of nitrogens with zero attached hydrogens (tertiary/aromatic N) is 2. The van der Waals surface area contributed by atoms with Crippen LogP contribution in [-0.4, -0.2) is 30.7 Å². The van der Waals surface area contributed by atoms with Gasteiger partial charge in [0.25, 0.3) is 0 Å². The van der Waals surface area contributed by atoms with Gasteiger partial charge in [0.2, 0.25) is 0 Å². The van der Waals surface area contributed by atoms with E-state index in [2.05, 4.69) is 42.5 Å². The van der Waals surface area contributed by atoms with Crippen LogP contribution in [0.25, 0.3) is 5.57 Å². The highest BCUT2D eigenvalue weighted by molar-refractivity contribution is 5.76. The summed E-state index contributed by atoms with van der Waals surface area (Å²) in [5, 5.41) is 0. The lowest BCUT2D eigenvalue weighted by molar-refractivity contribution is 0.225. The summed E-state index contributed by atoms with van der Waals surface area (Å²) in [6.45, 7) is 14.3. The zero-order valence-corrected chi connectivity index (χ0v) is 15.9. The largest absolute Gasteiger partial charge is 0.303 e. The van der Waals surface area contributed by atoms with Gasteiger partial charge < -0.3 is 4.90 Å². The molecule has 0 radical (unpaired) electrons. The molecule has 132 valence electrons. The summed E-state index contributed by atoms with van der Waals surface area (Å²) in [6.07, 6.45) is 10.9. The van der Waals surface area contributed by atoms with Gasteiger partial charge in [-0.2, -0.15) is 0 Å². The van der Waals surface area contributed by atoms with Crippen LogP contribution >= 0.6 is 0 Å². The Bertz CT molecular complexity index is 566. The lowest BCUT2D eigenvalue weighted by atomic mass is 9.94. The second kappa shape index (κ2) is 9.78. The van der Waals surface area contributed by atoms with E-state index in [9.17, 15) is 0 Å². The first-order chi connectivity index (χ1) is 11.7. The standard InChI is InChI=1S/C22H34N2/c1-5-19-17-22(23-6-2)21(18(3)4)16-20(19)12-8-11-15-24-13-9-7-10-14-24/h6,16-17H,3,5,7-15H2,1-2,4H3. The first kappa shape index (κ1) is 18.9. The monoisotopic (exact) mass is 326 g/mol. The lowest BCUT2D eigenvalue weighted by Crippen LogP contribution is -2.30. The SMILES string of the molecule is C=C(C)c1cc(CCCCN2CCCCC2)c(CC)cc1N=CC. The molecule has 24 heavy (non-hydrogen) atoms.